The first-order chi connectivity index (χ1) is 19.2. The fourth-order valence-corrected chi connectivity index (χ4v) is 6.86. The highest BCUT2D eigenvalue weighted by atomic mass is 28.4. The van der Waals surface area contributed by atoms with E-state index in [1.165, 1.54) is 5.39 Å². The molecule has 2 aromatic carbocycles. The third-order valence-corrected chi connectivity index (χ3v) is 13.7. The lowest BCUT2D eigenvalue weighted by Gasteiger charge is -2.37. The average molecular weight is 559 g/mol. The zero-order valence-corrected chi connectivity index (χ0v) is 25.5. The van der Waals surface area contributed by atoms with E-state index in [4.69, 9.17) is 23.9 Å². The van der Waals surface area contributed by atoms with Crippen molar-refractivity contribution in [3.8, 4) is 17.3 Å². The molecule has 6 rings (SSSR count). The van der Waals surface area contributed by atoms with Crippen LogP contribution in [-0.4, -0.2) is 47.2 Å². The van der Waals surface area contributed by atoms with Gasteiger partial charge in [0, 0.05) is 18.8 Å². The molecule has 2 aliphatic rings. The Kier molecular flexibility index (Phi) is 7.44. The standard InChI is InChI=1S/C32H42N4O3Si/c1-32(2,3)40(4,5)38-20-22-16-17-24(19-22)39-31-28-30(33-21-34-31)36(27-15-8-9-18-37-27)29(35-28)26-14-10-12-23-11-6-7-13-25(23)26/h6-7,10-14,21-22,24,27H,8-9,15-20H2,1-5H3/t22-,24-,27?/m0/s1. The van der Waals surface area contributed by atoms with Gasteiger partial charge in [0.1, 0.15) is 24.5 Å². The number of rotatable bonds is 7. The number of benzene rings is 2. The Hall–Kier alpha value is -2.81. The molecule has 0 N–H and O–H groups in total. The molecule has 2 fully saturated rings. The second kappa shape index (κ2) is 10.9. The van der Waals surface area contributed by atoms with E-state index in [0.29, 0.717) is 17.3 Å². The number of imidazole rings is 1. The summed E-state index contributed by atoms with van der Waals surface area (Å²) in [5.74, 6) is 1.93. The molecule has 3 heterocycles. The van der Waals surface area contributed by atoms with Gasteiger partial charge in [0.15, 0.2) is 19.5 Å². The maximum absolute atomic E-state index is 6.59. The van der Waals surface area contributed by atoms with Crippen LogP contribution in [0.3, 0.4) is 0 Å². The van der Waals surface area contributed by atoms with Crippen molar-refractivity contribution in [2.24, 2.45) is 5.92 Å². The first-order valence-corrected chi connectivity index (χ1v) is 17.8. The fraction of sp³-hybridized carbons (Fsp3) is 0.531. The van der Waals surface area contributed by atoms with Gasteiger partial charge in [-0.1, -0.05) is 63.2 Å². The molecule has 1 unspecified atom stereocenters. The summed E-state index contributed by atoms with van der Waals surface area (Å²) in [5, 5.41) is 2.56. The summed E-state index contributed by atoms with van der Waals surface area (Å²) in [6.45, 7) is 13.1. The highest BCUT2D eigenvalue weighted by molar-refractivity contribution is 6.74. The van der Waals surface area contributed by atoms with Crippen molar-refractivity contribution in [1.29, 1.82) is 0 Å². The van der Waals surface area contributed by atoms with Crippen molar-refractivity contribution < 1.29 is 13.9 Å². The fourth-order valence-electron chi connectivity index (χ4n) is 5.77. The molecule has 1 aliphatic carbocycles. The van der Waals surface area contributed by atoms with E-state index < -0.39 is 8.32 Å². The van der Waals surface area contributed by atoms with Crippen LogP contribution in [-0.2, 0) is 9.16 Å². The summed E-state index contributed by atoms with van der Waals surface area (Å²) in [5.41, 5.74) is 2.55. The summed E-state index contributed by atoms with van der Waals surface area (Å²) >= 11 is 0. The van der Waals surface area contributed by atoms with E-state index in [-0.39, 0.29) is 17.4 Å². The molecule has 3 atom stereocenters. The van der Waals surface area contributed by atoms with Gasteiger partial charge in [0.05, 0.1) is 0 Å². The van der Waals surface area contributed by atoms with Gasteiger partial charge in [-0.25, -0.2) is 9.97 Å². The van der Waals surface area contributed by atoms with Crippen LogP contribution < -0.4 is 4.74 Å². The van der Waals surface area contributed by atoms with Gasteiger partial charge in [-0.15, -0.1) is 0 Å². The molecule has 1 aliphatic heterocycles. The quantitative estimate of drug-likeness (QED) is 0.215. The largest absolute Gasteiger partial charge is 0.473 e. The molecule has 4 aromatic rings. The lowest BCUT2D eigenvalue weighted by molar-refractivity contribution is -0.0287. The minimum absolute atomic E-state index is 0.100. The Morgan fingerprint density at radius 2 is 1.82 bits per heavy atom. The molecular weight excluding hydrogens is 516 g/mol. The highest BCUT2D eigenvalue weighted by Crippen LogP contribution is 2.40. The van der Waals surface area contributed by atoms with E-state index in [1.807, 2.05) is 0 Å². The van der Waals surface area contributed by atoms with Crippen molar-refractivity contribution in [3.05, 3.63) is 48.8 Å². The molecule has 0 spiro atoms. The topological polar surface area (TPSA) is 71.3 Å². The van der Waals surface area contributed by atoms with E-state index in [1.54, 1.807) is 6.33 Å². The van der Waals surface area contributed by atoms with Crippen molar-refractivity contribution >= 4 is 30.3 Å². The molecule has 0 amide bonds. The number of aromatic nitrogens is 4. The Labute approximate surface area is 238 Å². The number of hydrogen-bond acceptors (Lipinski definition) is 6. The van der Waals surface area contributed by atoms with Crippen LogP contribution in [0.15, 0.2) is 48.8 Å². The maximum Gasteiger partial charge on any atom is 0.245 e. The van der Waals surface area contributed by atoms with Crippen LogP contribution in [0.5, 0.6) is 5.88 Å². The first-order valence-electron chi connectivity index (χ1n) is 14.8. The second-order valence-electron chi connectivity index (χ2n) is 13.0. The zero-order chi connectivity index (χ0) is 27.9. The van der Waals surface area contributed by atoms with Crippen molar-refractivity contribution in [2.45, 2.75) is 89.8 Å². The lowest BCUT2D eigenvalue weighted by Crippen LogP contribution is -2.41. The molecule has 40 heavy (non-hydrogen) atoms. The Morgan fingerprint density at radius 1 is 1.00 bits per heavy atom. The summed E-state index contributed by atoms with van der Waals surface area (Å²) in [7, 11) is -1.76. The predicted octanol–water partition coefficient (Wildman–Crippen LogP) is 7.91. The SMILES string of the molecule is CC(C)(C)[Si](C)(C)OC[C@H]1CC[C@H](Oc2ncnc3c2nc(-c2cccc4ccccc24)n3C2CCCCO2)C1. The van der Waals surface area contributed by atoms with Crippen LogP contribution in [0.4, 0.5) is 0 Å². The van der Waals surface area contributed by atoms with E-state index in [0.717, 1.165) is 74.2 Å². The highest BCUT2D eigenvalue weighted by Gasteiger charge is 2.38. The van der Waals surface area contributed by atoms with Gasteiger partial charge in [-0.05, 0) is 73.3 Å². The van der Waals surface area contributed by atoms with E-state index in [9.17, 15) is 0 Å². The normalized spacial score (nSPS) is 22.3. The van der Waals surface area contributed by atoms with Crippen molar-refractivity contribution in [2.75, 3.05) is 13.2 Å². The number of ether oxygens (including phenoxy) is 2. The Balaban J connectivity index is 1.31. The molecule has 212 valence electrons. The van der Waals surface area contributed by atoms with Crippen LogP contribution in [0, 0.1) is 5.92 Å². The van der Waals surface area contributed by atoms with Crippen LogP contribution in [0.25, 0.3) is 33.3 Å². The smallest absolute Gasteiger partial charge is 0.245 e. The van der Waals surface area contributed by atoms with Crippen molar-refractivity contribution in [3.63, 3.8) is 0 Å². The van der Waals surface area contributed by atoms with Crippen molar-refractivity contribution in [1.82, 2.24) is 19.5 Å². The molecule has 2 aromatic heterocycles. The third-order valence-electron chi connectivity index (χ3n) is 9.18. The van der Waals surface area contributed by atoms with Gasteiger partial charge in [0.25, 0.3) is 0 Å². The number of fused-ring (bicyclic) bond motifs is 2. The molecule has 0 bridgehead atoms. The van der Waals surface area contributed by atoms with Crippen LogP contribution in [0.1, 0.15) is 65.5 Å². The first kappa shape index (κ1) is 27.4. The lowest BCUT2D eigenvalue weighted by atomic mass is 10.0. The minimum atomic E-state index is -1.76. The summed E-state index contributed by atoms with van der Waals surface area (Å²) in [4.78, 5) is 14.5. The third kappa shape index (κ3) is 5.29. The average Bonchev–Trinajstić information content (AvgIpc) is 3.56. The molecule has 8 heteroatoms. The Bertz CT molecular complexity index is 1480. The monoisotopic (exact) mass is 558 g/mol. The molecule has 0 radical (unpaired) electrons. The van der Waals surface area contributed by atoms with Gasteiger partial charge in [-0.3, -0.25) is 4.57 Å². The molecule has 1 saturated carbocycles. The minimum Gasteiger partial charge on any atom is -0.473 e. The van der Waals surface area contributed by atoms with Crippen LogP contribution >= 0.6 is 0 Å². The maximum atomic E-state index is 6.59. The number of nitrogens with zero attached hydrogens (tertiary/aromatic N) is 4. The van der Waals surface area contributed by atoms with Gasteiger partial charge in [0.2, 0.25) is 5.88 Å². The summed E-state index contributed by atoms with van der Waals surface area (Å²) < 4.78 is 21.6. The van der Waals surface area contributed by atoms with Gasteiger partial charge in [-0.2, -0.15) is 4.98 Å². The van der Waals surface area contributed by atoms with E-state index >= 15 is 0 Å². The Morgan fingerprint density at radius 3 is 2.62 bits per heavy atom. The van der Waals surface area contributed by atoms with Gasteiger partial charge >= 0.3 is 0 Å². The molecule has 7 nitrogen and oxygen atoms in total. The summed E-state index contributed by atoms with van der Waals surface area (Å²) in [6.07, 6.45) is 7.82. The van der Waals surface area contributed by atoms with E-state index in [2.05, 4.69) is 85.9 Å². The molecular formula is C32H42N4O3Si. The zero-order valence-electron chi connectivity index (χ0n) is 24.5. The summed E-state index contributed by atoms with van der Waals surface area (Å²) in [6, 6.07) is 14.8. The van der Waals surface area contributed by atoms with Crippen LogP contribution in [0.2, 0.25) is 18.1 Å². The van der Waals surface area contributed by atoms with Gasteiger partial charge < -0.3 is 13.9 Å². The number of hydrogen-bond donors (Lipinski definition) is 0. The second-order valence-corrected chi connectivity index (χ2v) is 17.8. The molecule has 1 saturated heterocycles. The predicted molar refractivity (Wildman–Crippen MR) is 162 cm³/mol.